The number of hydrogen-bond donors (Lipinski definition) is 5. The molecule has 0 spiro atoms. The van der Waals surface area contributed by atoms with E-state index in [1.54, 1.807) is 0 Å². The Hall–Kier alpha value is -2.26. The van der Waals surface area contributed by atoms with Gasteiger partial charge in [-0.3, -0.25) is 24.2 Å². The van der Waals surface area contributed by atoms with Gasteiger partial charge in [-0.25, -0.2) is 19.5 Å². The molecule has 7 heterocycles. The zero-order valence-electron chi connectivity index (χ0n) is 22.7. The molecule has 0 saturated carbocycles. The molecule has 4 unspecified atom stereocenters. The van der Waals surface area contributed by atoms with Gasteiger partial charge < -0.3 is 44.9 Å². The number of guanidine groups is 1. The minimum Gasteiger partial charge on any atom is -0.382 e. The first-order valence-electron chi connectivity index (χ1n) is 13.2. The Balaban J connectivity index is 1.17. The number of methoxy groups -OCH3 is 1. The van der Waals surface area contributed by atoms with E-state index < -0.39 is 81.4 Å². The van der Waals surface area contributed by atoms with Gasteiger partial charge in [0.05, 0.1) is 42.3 Å². The van der Waals surface area contributed by atoms with Crippen molar-refractivity contribution in [1.82, 2.24) is 24.6 Å². The molecule has 7 rings (SSSR count). The van der Waals surface area contributed by atoms with Crippen LogP contribution in [0.5, 0.6) is 0 Å². The van der Waals surface area contributed by atoms with Crippen LogP contribution in [0.3, 0.4) is 0 Å². The van der Waals surface area contributed by atoms with Crippen molar-refractivity contribution in [1.29, 1.82) is 0 Å². The summed E-state index contributed by atoms with van der Waals surface area (Å²) in [6.07, 6.45) is -4.06. The summed E-state index contributed by atoms with van der Waals surface area (Å²) >= 11 is 6.74. The standard InChI is InChI=1S/C21H27N9O10P2S2/c1-35-14-9-4-36-41(32,43)10-2-7(16-11-12(29-44-16)17(22)25-5-24-11)38-8(10)3-37-42(33,34)40-15(14)20(39-9)30-6-26-13-18(30)27-21(23)28-19(13)31/h5-10,13-15,18,20H,2-4H2,1H3,(H,32,43)(H,33,34)(H2,22,24,25)(H3,23,27,28,31)/t7-,8-,9-,10+,13?,14-,15-,18?,20-,41?/m1/s1. The first-order valence-corrected chi connectivity index (χ1v) is 18.2. The molecule has 3 saturated heterocycles. The van der Waals surface area contributed by atoms with Gasteiger partial charge in [-0.15, -0.1) is 0 Å². The highest BCUT2D eigenvalue weighted by molar-refractivity contribution is 8.09. The monoisotopic (exact) mass is 691 g/mol. The van der Waals surface area contributed by atoms with Gasteiger partial charge in [-0.1, -0.05) is 0 Å². The number of rotatable bonds is 3. The molecule has 44 heavy (non-hydrogen) atoms. The number of nitrogens with two attached hydrogens (primary N) is 2. The van der Waals surface area contributed by atoms with E-state index in [0.29, 0.717) is 15.9 Å². The van der Waals surface area contributed by atoms with E-state index in [9.17, 15) is 19.1 Å². The molecule has 1 amide bonds. The van der Waals surface area contributed by atoms with E-state index in [0.717, 1.165) is 11.5 Å². The summed E-state index contributed by atoms with van der Waals surface area (Å²) in [6, 6.07) is -0.936. The highest BCUT2D eigenvalue weighted by atomic mass is 32.5. The summed E-state index contributed by atoms with van der Waals surface area (Å²) in [5.74, 6) is -0.395. The minimum absolute atomic E-state index is 0.125. The van der Waals surface area contributed by atoms with E-state index in [-0.39, 0.29) is 24.8 Å². The fraction of sp³-hybridized carbons (Fsp3) is 0.619. The van der Waals surface area contributed by atoms with Crippen LogP contribution in [0.2, 0.25) is 0 Å². The second kappa shape index (κ2) is 11.2. The molecule has 23 heteroatoms. The Morgan fingerprint density at radius 1 is 1.18 bits per heavy atom. The maximum atomic E-state index is 13.4. The third kappa shape index (κ3) is 5.23. The van der Waals surface area contributed by atoms with Crippen LogP contribution in [0.1, 0.15) is 17.4 Å². The van der Waals surface area contributed by atoms with Gasteiger partial charge in [0.2, 0.25) is 0 Å². The lowest BCUT2D eigenvalue weighted by Crippen LogP contribution is -2.57. The number of nitrogens with one attached hydrogen (secondary N) is 1. The Morgan fingerprint density at radius 3 is 2.77 bits per heavy atom. The summed E-state index contributed by atoms with van der Waals surface area (Å²) in [5, 5.41) is 2.41. The molecule has 19 nitrogen and oxygen atoms in total. The summed E-state index contributed by atoms with van der Waals surface area (Å²) in [6.45, 7) is -4.40. The number of carbonyl (C=O) groups is 1. The van der Waals surface area contributed by atoms with Crippen molar-refractivity contribution < 1.29 is 46.9 Å². The molecule has 0 aromatic carbocycles. The van der Waals surface area contributed by atoms with Crippen molar-refractivity contribution in [3.05, 3.63) is 11.2 Å². The molecule has 7 N–H and O–H groups in total. The summed E-state index contributed by atoms with van der Waals surface area (Å²) in [7, 11) is -3.47. The van der Waals surface area contributed by atoms with Crippen molar-refractivity contribution >= 4 is 72.7 Å². The molecule has 0 radical (unpaired) electrons. The van der Waals surface area contributed by atoms with E-state index in [1.807, 2.05) is 0 Å². The molecule has 5 aliphatic rings. The summed E-state index contributed by atoms with van der Waals surface area (Å²) < 4.78 is 52.8. The second-order valence-electron chi connectivity index (χ2n) is 10.5. The van der Waals surface area contributed by atoms with Gasteiger partial charge in [0.1, 0.15) is 35.7 Å². The number of anilines is 1. The number of phosphoric ester groups is 1. The Morgan fingerprint density at radius 2 is 1.98 bits per heavy atom. The lowest BCUT2D eigenvalue weighted by Gasteiger charge is -2.34. The number of carbonyl (C=O) groups excluding carboxylic acids is 1. The second-order valence-corrected chi connectivity index (χ2v) is 16.3. The molecular weight excluding hydrogens is 664 g/mol. The fourth-order valence-electron chi connectivity index (χ4n) is 5.90. The third-order valence-corrected chi connectivity index (χ3v) is 12.9. The Kier molecular flexibility index (Phi) is 7.75. The summed E-state index contributed by atoms with van der Waals surface area (Å²) in [4.78, 5) is 53.6. The first kappa shape index (κ1) is 30.4. The number of nitrogens with zero attached hydrogens (tertiary/aromatic N) is 6. The average Bonchev–Trinajstić information content (AvgIpc) is 3.74. The molecular formula is C21H27N9O10P2S2. The topological polar surface area (TPSA) is 261 Å². The molecule has 5 aliphatic heterocycles. The number of aromatic nitrogens is 3. The average molecular weight is 692 g/mol. The van der Waals surface area contributed by atoms with Gasteiger partial charge in [0.25, 0.3) is 5.91 Å². The number of ether oxygens (including phenoxy) is 3. The Labute approximate surface area is 257 Å². The first-order chi connectivity index (χ1) is 21.0. The van der Waals surface area contributed by atoms with Crippen molar-refractivity contribution in [2.24, 2.45) is 15.7 Å². The van der Waals surface area contributed by atoms with Gasteiger partial charge in [0.15, 0.2) is 36.7 Å². The van der Waals surface area contributed by atoms with E-state index in [2.05, 4.69) is 29.6 Å². The van der Waals surface area contributed by atoms with E-state index >= 15 is 0 Å². The predicted molar refractivity (Wildman–Crippen MR) is 156 cm³/mol. The lowest BCUT2D eigenvalue weighted by molar-refractivity contribution is -0.124. The van der Waals surface area contributed by atoms with Crippen molar-refractivity contribution in [3.8, 4) is 0 Å². The Bertz CT molecular complexity index is 1650. The molecule has 3 fully saturated rings. The van der Waals surface area contributed by atoms with E-state index in [1.165, 1.54) is 24.7 Å². The minimum atomic E-state index is -4.83. The third-order valence-electron chi connectivity index (χ3n) is 7.93. The van der Waals surface area contributed by atoms with E-state index in [4.69, 9.17) is 51.1 Å². The van der Waals surface area contributed by atoms with Crippen LogP contribution in [0.4, 0.5) is 5.82 Å². The predicted octanol–water partition coefficient (Wildman–Crippen LogP) is -1.08. The molecule has 2 bridgehead atoms. The van der Waals surface area contributed by atoms with Crippen LogP contribution in [0.25, 0.3) is 11.0 Å². The number of fused-ring (bicyclic) bond motifs is 5. The van der Waals surface area contributed by atoms with Crippen LogP contribution in [-0.2, 0) is 48.9 Å². The number of nitrogen functional groups attached to an aromatic ring is 1. The van der Waals surface area contributed by atoms with Crippen LogP contribution in [0.15, 0.2) is 16.3 Å². The van der Waals surface area contributed by atoms with Crippen LogP contribution in [-0.4, -0.2) is 116 Å². The van der Waals surface area contributed by atoms with Crippen molar-refractivity contribution in [2.45, 2.75) is 61.0 Å². The number of amides is 1. The van der Waals surface area contributed by atoms with Gasteiger partial charge in [-0.2, -0.15) is 4.37 Å². The normalized spacial score (nSPS) is 42.3. The molecule has 0 aliphatic carbocycles. The highest BCUT2D eigenvalue weighted by Crippen LogP contribution is 2.59. The van der Waals surface area contributed by atoms with Gasteiger partial charge >= 0.3 is 7.82 Å². The molecule has 238 valence electrons. The van der Waals surface area contributed by atoms with Crippen LogP contribution in [0, 0.1) is 0 Å². The number of aliphatic imine (C=N–C) groups is 2. The number of phosphoric acid groups is 1. The number of hydrogen-bond acceptors (Lipinski definition) is 18. The molecule has 11 atom stereocenters. The van der Waals surface area contributed by atoms with Crippen molar-refractivity contribution in [2.75, 3.05) is 26.1 Å². The maximum Gasteiger partial charge on any atom is 0.472 e. The largest absolute Gasteiger partial charge is 0.472 e. The lowest BCUT2D eigenvalue weighted by atomic mass is 10.1. The van der Waals surface area contributed by atoms with Crippen LogP contribution < -0.4 is 16.8 Å². The SMILES string of the molecule is CO[C@H]1[C@H]2OP(=O)(O)OC[C@H]3O[C@@H](c4snc5c(N)ncnc45)C[C@@H]3P(O)(=S)OC[C@H]1O[C@H]2N1C=NC2C(=O)NC(N)=NC21. The van der Waals surface area contributed by atoms with Gasteiger partial charge in [-0.05, 0) is 29.8 Å². The zero-order valence-corrected chi connectivity index (χ0v) is 26.1. The molecule has 2 aromatic rings. The quantitative estimate of drug-likeness (QED) is 0.240. The maximum absolute atomic E-state index is 13.4. The van der Waals surface area contributed by atoms with Gasteiger partial charge in [0, 0.05) is 7.11 Å². The summed E-state index contributed by atoms with van der Waals surface area (Å²) in [5.41, 5.74) is 11.8. The smallest absolute Gasteiger partial charge is 0.382 e. The fourth-order valence-corrected chi connectivity index (χ4v) is 10.1. The van der Waals surface area contributed by atoms with Crippen LogP contribution >= 0.6 is 25.8 Å². The zero-order chi connectivity index (χ0) is 31.0. The van der Waals surface area contributed by atoms with Crippen molar-refractivity contribution in [3.63, 3.8) is 0 Å². The molecule has 2 aromatic heterocycles. The highest BCUT2D eigenvalue weighted by Gasteiger charge is 2.56.